The second-order valence-electron chi connectivity index (χ2n) is 10.1. The number of hydrogen-bond acceptors (Lipinski definition) is 7. The summed E-state index contributed by atoms with van der Waals surface area (Å²) >= 11 is 5.48. The summed E-state index contributed by atoms with van der Waals surface area (Å²) in [5.74, 6) is -4.07. The van der Waals surface area contributed by atoms with Gasteiger partial charge in [0.05, 0.1) is 51.6 Å². The zero-order valence-electron chi connectivity index (χ0n) is 21.4. The van der Waals surface area contributed by atoms with Gasteiger partial charge < -0.3 is 10.1 Å². The van der Waals surface area contributed by atoms with E-state index in [1.165, 1.54) is 13.0 Å². The molecule has 41 heavy (non-hydrogen) atoms. The maximum atomic E-state index is 13.7. The first-order valence-electron chi connectivity index (χ1n) is 11.9. The largest absolute Gasteiger partial charge is 0.434 e. The van der Waals surface area contributed by atoms with Crippen LogP contribution in [-0.2, 0) is 26.7 Å². The molecule has 0 saturated carbocycles. The van der Waals surface area contributed by atoms with Crippen molar-refractivity contribution in [2.24, 2.45) is 11.8 Å². The van der Waals surface area contributed by atoms with Crippen molar-refractivity contribution in [2.45, 2.75) is 56.8 Å². The maximum absolute atomic E-state index is 13.7. The molecule has 218 valence electrons. The highest BCUT2D eigenvalue weighted by Crippen LogP contribution is 2.58. The minimum atomic E-state index is -5.05. The summed E-state index contributed by atoms with van der Waals surface area (Å²) in [5.41, 5.74) is -7.74. The lowest BCUT2D eigenvalue weighted by Crippen LogP contribution is -2.59. The zero-order chi connectivity index (χ0) is 30.7. The Morgan fingerprint density at radius 1 is 1.22 bits per heavy atom. The van der Waals surface area contributed by atoms with Gasteiger partial charge in [-0.05, 0) is 56.0 Å². The van der Waals surface area contributed by atoms with E-state index >= 15 is 0 Å². The lowest BCUT2D eigenvalue weighted by molar-refractivity contribution is -0.141. The van der Waals surface area contributed by atoms with Gasteiger partial charge in [-0.3, -0.25) is 19.3 Å². The highest BCUT2D eigenvalue weighted by atomic mass is 35.5. The molecule has 2 unspecified atom stereocenters. The smallest absolute Gasteiger partial charge is 0.366 e. The summed E-state index contributed by atoms with van der Waals surface area (Å²) in [6.07, 6.45) is -9.33. The van der Waals surface area contributed by atoms with Crippen LogP contribution in [0.4, 0.5) is 32.0 Å². The average Bonchev–Trinajstić information content (AvgIpc) is 3.24. The monoisotopic (exact) mass is 603 g/mol. The van der Waals surface area contributed by atoms with Crippen LogP contribution in [0, 0.1) is 23.2 Å². The maximum Gasteiger partial charge on any atom is 0.434 e. The van der Waals surface area contributed by atoms with Crippen molar-refractivity contribution in [1.29, 1.82) is 5.26 Å². The molecule has 2 aliphatic rings. The van der Waals surface area contributed by atoms with Gasteiger partial charge in [-0.25, -0.2) is 9.97 Å². The first kappa shape index (κ1) is 30.2. The minimum absolute atomic E-state index is 0.0164. The summed E-state index contributed by atoms with van der Waals surface area (Å²) in [6.45, 7) is 4.64. The number of halogens is 7. The Balaban J connectivity index is 1.69. The molecule has 0 spiro atoms. The number of alkyl halides is 6. The van der Waals surface area contributed by atoms with Crippen molar-refractivity contribution in [1.82, 2.24) is 15.3 Å². The highest BCUT2D eigenvalue weighted by Gasteiger charge is 2.69. The highest BCUT2D eigenvalue weighted by molar-refractivity contribution is 6.28. The van der Waals surface area contributed by atoms with Gasteiger partial charge in [0.2, 0.25) is 17.6 Å². The van der Waals surface area contributed by atoms with E-state index in [0.717, 1.165) is 12.1 Å². The Labute approximate surface area is 233 Å². The molecular formula is C25H20ClF6N5O4. The fourth-order valence-electron chi connectivity index (χ4n) is 5.67. The zero-order valence-corrected chi connectivity index (χ0v) is 22.1. The van der Waals surface area contributed by atoms with Gasteiger partial charge in [-0.1, -0.05) is 6.92 Å². The van der Waals surface area contributed by atoms with Crippen molar-refractivity contribution >= 4 is 35.5 Å². The topological polar surface area (TPSA) is 125 Å². The summed E-state index contributed by atoms with van der Waals surface area (Å²) in [4.78, 5) is 45.8. The molecular weight excluding hydrogens is 584 g/mol. The standard InChI is InChI=1S/C25H20ClF6N5O4/c1-11-17(20(40)37(10-38)13-5-4-12(8-33)15(6-13)24(27,28)29)23(3)16(7-22(11,2)41-23)35-19(39)14-9-34-21(26)36-18(14)25(30,31)32/h4-6,9-11,16-17H,7H2,1-3H3,(H,35,39)/t11-,16+,17-,22?,23?/m0/s1. The molecule has 2 aromatic rings. The van der Waals surface area contributed by atoms with Crippen molar-refractivity contribution in [3.63, 3.8) is 0 Å². The number of amides is 3. The average molecular weight is 604 g/mol. The fourth-order valence-corrected chi connectivity index (χ4v) is 5.80. The molecule has 9 nitrogen and oxygen atoms in total. The van der Waals surface area contributed by atoms with E-state index in [1.54, 1.807) is 13.8 Å². The molecule has 5 atom stereocenters. The van der Waals surface area contributed by atoms with E-state index < -0.39 is 86.6 Å². The van der Waals surface area contributed by atoms with Crippen LogP contribution in [0.1, 0.15) is 54.4 Å². The summed E-state index contributed by atoms with van der Waals surface area (Å²) in [6, 6.07) is 2.65. The van der Waals surface area contributed by atoms with Crippen molar-refractivity contribution in [3.8, 4) is 6.07 Å². The number of nitrogens with one attached hydrogen (secondary N) is 1. The number of ether oxygens (including phenoxy) is 1. The van der Waals surface area contributed by atoms with Crippen LogP contribution < -0.4 is 10.2 Å². The first-order valence-corrected chi connectivity index (χ1v) is 12.3. The molecule has 4 rings (SSSR count). The lowest BCUT2D eigenvalue weighted by Gasteiger charge is -2.40. The molecule has 2 aliphatic heterocycles. The number of carbonyl (C=O) groups is 3. The van der Waals surface area contributed by atoms with Gasteiger partial charge in [0.1, 0.15) is 0 Å². The third-order valence-corrected chi connectivity index (χ3v) is 7.91. The minimum Gasteiger partial charge on any atom is -0.366 e. The SMILES string of the molecule is C[C@H]1[C@@H](C(=O)N(C=O)c2ccc(C#N)c(C(F)(F)F)c2)C2(C)OC1(C)C[C@H]2NC(=O)c1cnc(Cl)nc1C(F)(F)F. The number of anilines is 1. The Morgan fingerprint density at radius 2 is 1.88 bits per heavy atom. The summed E-state index contributed by atoms with van der Waals surface area (Å²) < 4.78 is 87.3. The van der Waals surface area contributed by atoms with Gasteiger partial charge in [-0.15, -0.1) is 0 Å². The molecule has 3 amide bonds. The van der Waals surface area contributed by atoms with Gasteiger partial charge in [0.25, 0.3) is 5.91 Å². The molecule has 0 radical (unpaired) electrons. The predicted octanol–water partition coefficient (Wildman–Crippen LogP) is 4.53. The number of nitriles is 1. The van der Waals surface area contributed by atoms with Crippen LogP contribution in [0.25, 0.3) is 0 Å². The molecule has 2 fully saturated rings. The third-order valence-electron chi connectivity index (χ3n) is 7.73. The predicted molar refractivity (Wildman–Crippen MR) is 128 cm³/mol. The molecule has 1 aromatic carbocycles. The third kappa shape index (κ3) is 5.10. The van der Waals surface area contributed by atoms with E-state index in [-0.39, 0.29) is 12.8 Å². The Kier molecular flexibility index (Phi) is 7.33. The van der Waals surface area contributed by atoms with Crippen LogP contribution in [-0.4, -0.2) is 45.4 Å². The number of benzene rings is 1. The lowest BCUT2D eigenvalue weighted by atomic mass is 9.65. The Hall–Kier alpha value is -3.77. The molecule has 1 N–H and O–H groups in total. The van der Waals surface area contributed by atoms with E-state index in [2.05, 4.69) is 15.3 Å². The Bertz CT molecular complexity index is 1480. The summed E-state index contributed by atoms with van der Waals surface area (Å²) in [5, 5.41) is 10.8. The second kappa shape index (κ2) is 9.95. The van der Waals surface area contributed by atoms with Crippen LogP contribution >= 0.6 is 11.6 Å². The first-order chi connectivity index (χ1) is 18.9. The number of fused-ring (bicyclic) bond motifs is 2. The molecule has 0 aliphatic carbocycles. The second-order valence-corrected chi connectivity index (χ2v) is 10.5. The van der Waals surface area contributed by atoms with E-state index in [4.69, 9.17) is 21.6 Å². The molecule has 1 aromatic heterocycles. The quantitative estimate of drug-likeness (QED) is 0.302. The van der Waals surface area contributed by atoms with Crippen molar-refractivity contribution < 1.29 is 45.5 Å². The normalized spacial score (nSPS) is 27.3. The molecule has 2 saturated heterocycles. The fraction of sp³-hybridized carbons (Fsp3) is 0.440. The number of nitrogens with zero attached hydrogens (tertiary/aromatic N) is 4. The van der Waals surface area contributed by atoms with E-state index in [0.29, 0.717) is 17.2 Å². The number of imide groups is 1. The number of rotatable bonds is 5. The van der Waals surface area contributed by atoms with Gasteiger partial charge in [0, 0.05) is 6.20 Å². The number of carbonyl (C=O) groups excluding carboxylic acids is 3. The number of hydrogen-bond donors (Lipinski definition) is 1. The molecule has 16 heteroatoms. The summed E-state index contributed by atoms with van der Waals surface area (Å²) in [7, 11) is 0. The van der Waals surface area contributed by atoms with Crippen LogP contribution in [0.3, 0.4) is 0 Å². The van der Waals surface area contributed by atoms with E-state index in [1.807, 2.05) is 0 Å². The molecule has 3 heterocycles. The Morgan fingerprint density at radius 3 is 2.41 bits per heavy atom. The van der Waals surface area contributed by atoms with Gasteiger partial charge >= 0.3 is 12.4 Å². The van der Waals surface area contributed by atoms with Crippen LogP contribution in [0.2, 0.25) is 5.28 Å². The van der Waals surface area contributed by atoms with Gasteiger partial charge in [-0.2, -0.15) is 31.6 Å². The van der Waals surface area contributed by atoms with E-state index in [9.17, 15) is 40.7 Å². The molecule has 2 bridgehead atoms. The van der Waals surface area contributed by atoms with Crippen molar-refractivity contribution in [3.05, 3.63) is 52.1 Å². The van der Waals surface area contributed by atoms with Gasteiger partial charge in [0.15, 0.2) is 5.69 Å². The van der Waals surface area contributed by atoms with Crippen molar-refractivity contribution in [2.75, 3.05) is 4.90 Å². The van der Waals surface area contributed by atoms with Crippen LogP contribution in [0.5, 0.6) is 0 Å². The number of aromatic nitrogens is 2. The van der Waals surface area contributed by atoms with Crippen LogP contribution in [0.15, 0.2) is 24.4 Å².